The molecular formula is C11H22N2O2. The van der Waals surface area contributed by atoms with E-state index in [9.17, 15) is 4.79 Å². The van der Waals surface area contributed by atoms with Gasteiger partial charge in [-0.3, -0.25) is 0 Å². The first kappa shape index (κ1) is 12.3. The monoisotopic (exact) mass is 214 g/mol. The third-order valence-electron chi connectivity index (χ3n) is 2.70. The lowest BCUT2D eigenvalue weighted by atomic mass is 10.0. The zero-order chi connectivity index (χ0) is 11.3. The van der Waals surface area contributed by atoms with Crippen LogP contribution in [0.25, 0.3) is 0 Å². The van der Waals surface area contributed by atoms with Crippen molar-refractivity contribution in [3.05, 3.63) is 0 Å². The maximum atomic E-state index is 11.8. The Labute approximate surface area is 92.0 Å². The van der Waals surface area contributed by atoms with Crippen LogP contribution in [0.3, 0.4) is 0 Å². The fraction of sp³-hybridized carbons (Fsp3) is 0.909. The van der Waals surface area contributed by atoms with E-state index in [-0.39, 0.29) is 11.6 Å². The average Bonchev–Trinajstić information content (AvgIpc) is 2.17. The van der Waals surface area contributed by atoms with Crippen molar-refractivity contribution < 1.29 is 9.53 Å². The fourth-order valence-corrected chi connectivity index (χ4v) is 1.70. The van der Waals surface area contributed by atoms with Crippen molar-refractivity contribution in [2.24, 2.45) is 0 Å². The summed E-state index contributed by atoms with van der Waals surface area (Å²) < 4.78 is 5.37. The van der Waals surface area contributed by atoms with Crippen LogP contribution >= 0.6 is 0 Å². The average molecular weight is 214 g/mol. The molecule has 0 radical (unpaired) electrons. The zero-order valence-corrected chi connectivity index (χ0v) is 10.0. The van der Waals surface area contributed by atoms with Crippen molar-refractivity contribution in [1.29, 1.82) is 0 Å². The summed E-state index contributed by atoms with van der Waals surface area (Å²) in [6.07, 6.45) is 2.14. The highest BCUT2D eigenvalue weighted by Gasteiger charge is 2.33. The normalized spacial score (nSPS) is 20.1. The second-order valence-electron chi connectivity index (χ2n) is 4.60. The number of ether oxygens (including phenoxy) is 1. The molecule has 0 aromatic rings. The number of hydrogen-bond donors (Lipinski definition) is 1. The number of amides is 2. The third-order valence-corrected chi connectivity index (χ3v) is 2.70. The highest BCUT2D eigenvalue weighted by molar-refractivity contribution is 5.75. The molecule has 1 aliphatic heterocycles. The standard InChI is InChI=1S/C11H22N2O2/c1-4-5-6-12-10(14)13-7-8-15-9-11(13,2)3/h4-9H2,1-3H3,(H,12,14). The lowest BCUT2D eigenvalue weighted by Gasteiger charge is -2.41. The van der Waals surface area contributed by atoms with Crippen LogP contribution in [0.15, 0.2) is 0 Å². The summed E-state index contributed by atoms with van der Waals surface area (Å²) in [7, 11) is 0. The van der Waals surface area contributed by atoms with Crippen LogP contribution < -0.4 is 5.32 Å². The van der Waals surface area contributed by atoms with E-state index in [1.807, 2.05) is 18.7 Å². The van der Waals surface area contributed by atoms with Gasteiger partial charge in [-0.2, -0.15) is 0 Å². The molecular weight excluding hydrogens is 192 g/mol. The third kappa shape index (κ3) is 3.38. The van der Waals surface area contributed by atoms with Crippen LogP contribution in [0.5, 0.6) is 0 Å². The number of unbranched alkanes of at least 4 members (excludes halogenated alkanes) is 1. The quantitative estimate of drug-likeness (QED) is 0.725. The van der Waals surface area contributed by atoms with E-state index < -0.39 is 0 Å². The molecule has 0 unspecified atom stereocenters. The van der Waals surface area contributed by atoms with Crippen molar-refractivity contribution in [2.75, 3.05) is 26.3 Å². The number of hydrogen-bond acceptors (Lipinski definition) is 2. The second kappa shape index (κ2) is 5.35. The van der Waals surface area contributed by atoms with E-state index in [0.29, 0.717) is 19.8 Å². The molecule has 1 heterocycles. The van der Waals surface area contributed by atoms with Crippen molar-refractivity contribution in [2.45, 2.75) is 39.2 Å². The largest absolute Gasteiger partial charge is 0.377 e. The minimum atomic E-state index is -0.186. The van der Waals surface area contributed by atoms with Crippen molar-refractivity contribution in [3.8, 4) is 0 Å². The Bertz CT molecular complexity index is 217. The first-order chi connectivity index (χ1) is 7.08. The lowest BCUT2D eigenvalue weighted by Crippen LogP contribution is -2.58. The minimum Gasteiger partial charge on any atom is -0.377 e. The predicted octanol–water partition coefficient (Wildman–Crippen LogP) is 1.61. The molecule has 1 N–H and O–H groups in total. The molecule has 2 amide bonds. The second-order valence-corrected chi connectivity index (χ2v) is 4.60. The Morgan fingerprint density at radius 2 is 2.27 bits per heavy atom. The molecule has 15 heavy (non-hydrogen) atoms. The molecule has 0 aliphatic carbocycles. The summed E-state index contributed by atoms with van der Waals surface area (Å²) in [6.45, 7) is 8.90. The zero-order valence-electron chi connectivity index (χ0n) is 10.0. The fourth-order valence-electron chi connectivity index (χ4n) is 1.70. The molecule has 0 bridgehead atoms. The van der Waals surface area contributed by atoms with Gasteiger partial charge in [0.15, 0.2) is 0 Å². The smallest absolute Gasteiger partial charge is 0.318 e. The molecule has 0 aromatic carbocycles. The van der Waals surface area contributed by atoms with E-state index >= 15 is 0 Å². The van der Waals surface area contributed by atoms with E-state index in [1.165, 1.54) is 0 Å². The van der Waals surface area contributed by atoms with Crippen LogP contribution in [-0.4, -0.2) is 42.8 Å². The number of nitrogens with one attached hydrogen (secondary N) is 1. The van der Waals surface area contributed by atoms with Crippen molar-refractivity contribution in [1.82, 2.24) is 10.2 Å². The Morgan fingerprint density at radius 3 is 2.87 bits per heavy atom. The molecule has 88 valence electrons. The Hall–Kier alpha value is -0.770. The van der Waals surface area contributed by atoms with Crippen LogP contribution in [-0.2, 0) is 4.74 Å². The van der Waals surface area contributed by atoms with Crippen molar-refractivity contribution >= 4 is 6.03 Å². The molecule has 0 saturated carbocycles. The summed E-state index contributed by atoms with van der Waals surface area (Å²) >= 11 is 0. The van der Waals surface area contributed by atoms with Gasteiger partial charge in [0.2, 0.25) is 0 Å². The van der Waals surface area contributed by atoms with Gasteiger partial charge in [0.1, 0.15) is 0 Å². The molecule has 0 aromatic heterocycles. The van der Waals surface area contributed by atoms with Gasteiger partial charge in [-0.15, -0.1) is 0 Å². The van der Waals surface area contributed by atoms with Crippen LogP contribution in [0, 0.1) is 0 Å². The maximum absolute atomic E-state index is 11.8. The molecule has 4 nitrogen and oxygen atoms in total. The van der Waals surface area contributed by atoms with Gasteiger partial charge in [-0.05, 0) is 20.3 Å². The minimum absolute atomic E-state index is 0.0387. The predicted molar refractivity (Wildman–Crippen MR) is 59.9 cm³/mol. The highest BCUT2D eigenvalue weighted by atomic mass is 16.5. The van der Waals surface area contributed by atoms with E-state index in [0.717, 1.165) is 19.4 Å². The Balaban J connectivity index is 2.42. The summed E-state index contributed by atoms with van der Waals surface area (Å²) in [5, 5.41) is 2.94. The van der Waals surface area contributed by atoms with Gasteiger partial charge in [-0.25, -0.2) is 4.79 Å². The number of carbonyl (C=O) groups is 1. The Morgan fingerprint density at radius 1 is 1.53 bits per heavy atom. The van der Waals surface area contributed by atoms with E-state index in [2.05, 4.69) is 12.2 Å². The lowest BCUT2D eigenvalue weighted by molar-refractivity contribution is -0.0277. The van der Waals surface area contributed by atoms with Gasteiger partial charge >= 0.3 is 6.03 Å². The number of rotatable bonds is 3. The van der Waals surface area contributed by atoms with Gasteiger partial charge in [0.25, 0.3) is 0 Å². The summed E-state index contributed by atoms with van der Waals surface area (Å²) in [4.78, 5) is 13.7. The number of carbonyl (C=O) groups excluding carboxylic acids is 1. The van der Waals surface area contributed by atoms with Gasteiger partial charge < -0.3 is 15.0 Å². The molecule has 1 fully saturated rings. The summed E-state index contributed by atoms with van der Waals surface area (Å²) in [5.41, 5.74) is -0.186. The van der Waals surface area contributed by atoms with Crippen LogP contribution in [0.4, 0.5) is 4.79 Å². The van der Waals surface area contributed by atoms with E-state index in [1.54, 1.807) is 0 Å². The van der Waals surface area contributed by atoms with Crippen LogP contribution in [0.2, 0.25) is 0 Å². The maximum Gasteiger partial charge on any atom is 0.318 e. The van der Waals surface area contributed by atoms with Gasteiger partial charge in [0.05, 0.1) is 18.8 Å². The molecule has 0 spiro atoms. The number of morpholine rings is 1. The van der Waals surface area contributed by atoms with Gasteiger partial charge in [0, 0.05) is 13.1 Å². The topological polar surface area (TPSA) is 41.6 Å². The molecule has 0 atom stereocenters. The Kier molecular flexibility index (Phi) is 4.39. The molecule has 4 heteroatoms. The summed E-state index contributed by atoms with van der Waals surface area (Å²) in [5.74, 6) is 0. The van der Waals surface area contributed by atoms with E-state index in [4.69, 9.17) is 4.74 Å². The van der Waals surface area contributed by atoms with Crippen LogP contribution in [0.1, 0.15) is 33.6 Å². The van der Waals surface area contributed by atoms with Gasteiger partial charge in [-0.1, -0.05) is 13.3 Å². The molecule has 1 aliphatic rings. The first-order valence-corrected chi connectivity index (χ1v) is 5.71. The van der Waals surface area contributed by atoms with Crippen molar-refractivity contribution in [3.63, 3.8) is 0 Å². The molecule has 1 saturated heterocycles. The SMILES string of the molecule is CCCCNC(=O)N1CCOCC1(C)C. The highest BCUT2D eigenvalue weighted by Crippen LogP contribution is 2.18. The first-order valence-electron chi connectivity index (χ1n) is 5.71. The molecule has 1 rings (SSSR count). The summed E-state index contributed by atoms with van der Waals surface area (Å²) in [6, 6.07) is 0.0387. The number of nitrogens with zero attached hydrogens (tertiary/aromatic N) is 1. The number of urea groups is 1.